The van der Waals surface area contributed by atoms with Crippen LogP contribution in [0.3, 0.4) is 0 Å². The molecule has 0 saturated carbocycles. The summed E-state index contributed by atoms with van der Waals surface area (Å²) < 4.78 is 24.1. The van der Waals surface area contributed by atoms with E-state index in [1.165, 1.54) is 6.20 Å². The van der Waals surface area contributed by atoms with Crippen molar-refractivity contribution in [2.24, 2.45) is 0 Å². The predicted octanol–water partition coefficient (Wildman–Crippen LogP) is -0.0584. The maximum atomic E-state index is 12.7. The molecule has 0 bridgehead atoms. The number of carbonyl (C=O) groups is 2. The monoisotopic (exact) mass is 337 g/mol. The van der Waals surface area contributed by atoms with Crippen molar-refractivity contribution >= 4 is 21.7 Å². The summed E-state index contributed by atoms with van der Waals surface area (Å²) in [5.41, 5.74) is 0.436. The van der Waals surface area contributed by atoms with E-state index in [0.29, 0.717) is 25.1 Å². The Balaban J connectivity index is 1.90. The molecule has 2 fully saturated rings. The van der Waals surface area contributed by atoms with Crippen LogP contribution >= 0.6 is 0 Å². The number of piperazine rings is 1. The zero-order valence-corrected chi connectivity index (χ0v) is 13.7. The van der Waals surface area contributed by atoms with Crippen molar-refractivity contribution in [1.82, 2.24) is 14.8 Å². The van der Waals surface area contributed by atoms with Gasteiger partial charge in [-0.2, -0.15) is 0 Å². The number of hydrogen-bond acceptors (Lipinski definition) is 5. The third kappa shape index (κ3) is 2.95. The minimum Gasteiger partial charge on any atom is -0.335 e. The highest BCUT2D eigenvalue weighted by Crippen LogP contribution is 2.28. The molecule has 2 atom stereocenters. The van der Waals surface area contributed by atoms with Gasteiger partial charge in [-0.25, -0.2) is 8.42 Å². The van der Waals surface area contributed by atoms with E-state index in [4.69, 9.17) is 0 Å². The van der Waals surface area contributed by atoms with E-state index in [0.717, 1.165) is 0 Å². The average Bonchev–Trinajstić information content (AvgIpc) is 2.88. The van der Waals surface area contributed by atoms with E-state index in [-0.39, 0.29) is 23.3 Å². The number of fused-ring (bicyclic) bond motifs is 1. The number of nitrogens with zero attached hydrogens (tertiary/aromatic N) is 3. The maximum absolute atomic E-state index is 12.7. The first-order valence-electron chi connectivity index (χ1n) is 7.64. The van der Waals surface area contributed by atoms with E-state index in [1.54, 1.807) is 35.1 Å². The molecule has 3 heterocycles. The molecule has 1 aromatic rings. The van der Waals surface area contributed by atoms with Crippen LogP contribution in [-0.4, -0.2) is 71.7 Å². The van der Waals surface area contributed by atoms with Crippen LogP contribution in [0.4, 0.5) is 0 Å². The first-order chi connectivity index (χ1) is 10.9. The first kappa shape index (κ1) is 15.9. The zero-order valence-electron chi connectivity index (χ0n) is 12.9. The Bertz CT molecular complexity index is 719. The highest BCUT2D eigenvalue weighted by Gasteiger charge is 2.49. The van der Waals surface area contributed by atoms with Crippen molar-refractivity contribution in [2.75, 3.05) is 24.6 Å². The average molecular weight is 337 g/mol. The zero-order chi connectivity index (χ0) is 16.6. The van der Waals surface area contributed by atoms with Crippen LogP contribution in [0.1, 0.15) is 23.7 Å². The van der Waals surface area contributed by atoms with Crippen LogP contribution in [0.25, 0.3) is 0 Å². The summed E-state index contributed by atoms with van der Waals surface area (Å²) in [6.45, 7) is 2.47. The topological polar surface area (TPSA) is 87.7 Å². The van der Waals surface area contributed by atoms with Crippen molar-refractivity contribution in [1.29, 1.82) is 0 Å². The lowest BCUT2D eigenvalue weighted by molar-refractivity contribution is -0.135. The maximum Gasteiger partial charge on any atom is 0.255 e. The van der Waals surface area contributed by atoms with Crippen molar-refractivity contribution in [2.45, 2.75) is 25.4 Å². The van der Waals surface area contributed by atoms with Gasteiger partial charge in [0.2, 0.25) is 5.91 Å². The fourth-order valence-electron chi connectivity index (χ4n) is 3.37. The van der Waals surface area contributed by atoms with Gasteiger partial charge >= 0.3 is 0 Å². The number of hydrogen-bond donors (Lipinski definition) is 0. The molecule has 1 aromatic heterocycles. The van der Waals surface area contributed by atoms with E-state index in [1.807, 2.05) is 0 Å². The summed E-state index contributed by atoms with van der Waals surface area (Å²) in [6.07, 6.45) is 3.39. The second-order valence-corrected chi connectivity index (χ2v) is 8.05. The fourth-order valence-corrected chi connectivity index (χ4v) is 5.35. The number of aromatic nitrogens is 1. The third-order valence-corrected chi connectivity index (χ3v) is 6.17. The third-order valence-electron chi connectivity index (χ3n) is 4.47. The van der Waals surface area contributed by atoms with Crippen molar-refractivity contribution in [3.05, 3.63) is 30.1 Å². The molecule has 0 spiro atoms. The summed E-state index contributed by atoms with van der Waals surface area (Å²) in [5, 5.41) is 0. The Labute approximate surface area is 135 Å². The van der Waals surface area contributed by atoms with Crippen LogP contribution in [0, 0.1) is 0 Å². The number of amides is 2. The standard InChI is InChI=1S/C15H19N3O4S/c1-2-14(19)17-6-7-18(13-10-23(21,22)9-12(13)17)15(20)11-4-3-5-16-8-11/h3-5,8,12-13H,2,6-7,9-10H2,1H3/t12-,13+/m0/s1. The first-order valence-corrected chi connectivity index (χ1v) is 9.46. The molecule has 7 nitrogen and oxygen atoms in total. The summed E-state index contributed by atoms with van der Waals surface area (Å²) in [5.74, 6) is -0.448. The van der Waals surface area contributed by atoms with Crippen molar-refractivity contribution in [3.63, 3.8) is 0 Å². The van der Waals surface area contributed by atoms with Gasteiger partial charge in [-0.15, -0.1) is 0 Å². The molecule has 8 heteroatoms. The number of pyridine rings is 1. The van der Waals surface area contributed by atoms with Gasteiger partial charge in [-0.1, -0.05) is 6.92 Å². The highest BCUT2D eigenvalue weighted by molar-refractivity contribution is 7.91. The molecule has 23 heavy (non-hydrogen) atoms. The minimum atomic E-state index is -3.26. The van der Waals surface area contributed by atoms with Gasteiger partial charge in [-0.05, 0) is 12.1 Å². The molecule has 0 unspecified atom stereocenters. The number of rotatable bonds is 2. The van der Waals surface area contributed by atoms with Gasteiger partial charge in [0.1, 0.15) is 0 Å². The molecule has 0 N–H and O–H groups in total. The van der Waals surface area contributed by atoms with Crippen LogP contribution in [0.2, 0.25) is 0 Å². The Hall–Kier alpha value is -1.96. The van der Waals surface area contributed by atoms with Crippen LogP contribution in [0.15, 0.2) is 24.5 Å². The molecule has 0 aliphatic carbocycles. The Kier molecular flexibility index (Phi) is 4.09. The van der Waals surface area contributed by atoms with E-state index < -0.39 is 21.9 Å². The normalized spacial score (nSPS) is 26.0. The molecule has 2 aliphatic rings. The fraction of sp³-hybridized carbons (Fsp3) is 0.533. The number of carbonyl (C=O) groups excluding carboxylic acids is 2. The molecular weight excluding hydrogens is 318 g/mol. The van der Waals surface area contributed by atoms with Gasteiger partial charge in [-0.3, -0.25) is 14.6 Å². The summed E-state index contributed by atoms with van der Waals surface area (Å²) >= 11 is 0. The minimum absolute atomic E-state index is 0.0643. The van der Waals surface area contributed by atoms with Crippen LogP contribution in [0.5, 0.6) is 0 Å². The van der Waals surface area contributed by atoms with E-state index >= 15 is 0 Å². The summed E-state index contributed by atoms with van der Waals surface area (Å²) in [4.78, 5) is 31.9. The van der Waals surface area contributed by atoms with Gasteiger partial charge in [0.05, 0.1) is 29.2 Å². The molecular formula is C15H19N3O4S. The van der Waals surface area contributed by atoms with Gasteiger partial charge in [0, 0.05) is 31.9 Å². The molecule has 2 aliphatic heterocycles. The lowest BCUT2D eigenvalue weighted by atomic mass is 10.0. The van der Waals surface area contributed by atoms with Crippen LogP contribution < -0.4 is 0 Å². The lowest BCUT2D eigenvalue weighted by Crippen LogP contribution is -2.61. The Morgan fingerprint density at radius 1 is 1.22 bits per heavy atom. The Morgan fingerprint density at radius 2 is 1.87 bits per heavy atom. The molecule has 2 saturated heterocycles. The second kappa shape index (κ2) is 5.92. The quantitative estimate of drug-likeness (QED) is 0.754. The second-order valence-electron chi connectivity index (χ2n) is 5.89. The van der Waals surface area contributed by atoms with E-state index in [9.17, 15) is 18.0 Å². The highest BCUT2D eigenvalue weighted by atomic mass is 32.2. The predicted molar refractivity (Wildman–Crippen MR) is 83.5 cm³/mol. The van der Waals surface area contributed by atoms with Gasteiger partial charge in [0.15, 0.2) is 9.84 Å². The van der Waals surface area contributed by atoms with Crippen LogP contribution in [-0.2, 0) is 14.6 Å². The summed E-state index contributed by atoms with van der Waals surface area (Å²) in [6, 6.07) is 2.42. The number of sulfone groups is 1. The van der Waals surface area contributed by atoms with E-state index in [2.05, 4.69) is 4.98 Å². The van der Waals surface area contributed by atoms with Crippen molar-refractivity contribution < 1.29 is 18.0 Å². The largest absolute Gasteiger partial charge is 0.335 e. The lowest BCUT2D eigenvalue weighted by Gasteiger charge is -2.43. The summed E-state index contributed by atoms with van der Waals surface area (Å²) in [7, 11) is -3.26. The molecule has 3 rings (SSSR count). The SMILES string of the molecule is CCC(=O)N1CCN(C(=O)c2cccnc2)[C@@H]2CS(=O)(=O)C[C@@H]21. The molecule has 0 aromatic carbocycles. The smallest absolute Gasteiger partial charge is 0.255 e. The molecule has 2 amide bonds. The van der Waals surface area contributed by atoms with Crippen molar-refractivity contribution in [3.8, 4) is 0 Å². The Morgan fingerprint density at radius 3 is 2.48 bits per heavy atom. The molecule has 0 radical (unpaired) electrons. The van der Waals surface area contributed by atoms with Gasteiger partial charge in [0.25, 0.3) is 5.91 Å². The molecule has 124 valence electrons. The van der Waals surface area contributed by atoms with Gasteiger partial charge < -0.3 is 9.80 Å².